The molecule has 10 heteroatoms. The number of anilines is 1. The van der Waals surface area contributed by atoms with E-state index in [-0.39, 0.29) is 10.5 Å². The van der Waals surface area contributed by atoms with Gasteiger partial charge in [0.2, 0.25) is 0 Å². The molecule has 2 aromatic carbocycles. The first-order chi connectivity index (χ1) is 14.8. The lowest BCUT2D eigenvalue weighted by Crippen LogP contribution is -2.41. The lowest BCUT2D eigenvalue weighted by Gasteiger charge is -2.19. The van der Waals surface area contributed by atoms with E-state index >= 15 is 0 Å². The van der Waals surface area contributed by atoms with Crippen LogP contribution in [0.2, 0.25) is 0 Å². The van der Waals surface area contributed by atoms with Crippen LogP contribution in [0.3, 0.4) is 0 Å². The number of amides is 3. The number of hydrogen-bond acceptors (Lipinski definition) is 6. The number of unbranched alkanes of at least 4 members (excludes halogenated alkanes) is 1. The Labute approximate surface area is 181 Å². The Balaban J connectivity index is 1.93. The molecular weight excluding hydrogens is 422 g/mol. The fourth-order valence-electron chi connectivity index (χ4n) is 2.50. The molecule has 0 aliphatic rings. The van der Waals surface area contributed by atoms with Crippen LogP contribution in [-0.4, -0.2) is 46.5 Å². The molecular formula is C21H25N3O6S. The molecule has 0 saturated heterocycles. The van der Waals surface area contributed by atoms with Crippen LogP contribution in [0, 0.1) is 0 Å². The summed E-state index contributed by atoms with van der Waals surface area (Å²) in [5.74, 6) is -1.59. The first-order valence-corrected chi connectivity index (χ1v) is 11.1. The highest BCUT2D eigenvalue weighted by molar-refractivity contribution is 7.92. The predicted molar refractivity (Wildman–Crippen MR) is 115 cm³/mol. The van der Waals surface area contributed by atoms with Crippen molar-refractivity contribution in [2.24, 2.45) is 0 Å². The molecule has 0 fully saturated rings. The van der Waals surface area contributed by atoms with Gasteiger partial charge in [0.15, 0.2) is 6.61 Å². The van der Waals surface area contributed by atoms with Gasteiger partial charge in [0.25, 0.3) is 15.9 Å². The van der Waals surface area contributed by atoms with Crippen molar-refractivity contribution in [3.63, 3.8) is 0 Å². The zero-order valence-electron chi connectivity index (χ0n) is 17.3. The van der Waals surface area contributed by atoms with Crippen molar-refractivity contribution in [3.8, 4) is 0 Å². The lowest BCUT2D eigenvalue weighted by molar-refractivity contribution is -0.123. The standard InChI is InChI=1S/C21H25N3O6S/c1-3-4-14-22-21(27)23-19(25)15-30-20(26)16-10-12-18(13-11-16)31(28,29)24(2)17-8-6-5-7-9-17/h5-13H,3-4,14-15H2,1-2H3,(H2,22,23,25,27). The molecule has 0 heterocycles. The van der Waals surface area contributed by atoms with Gasteiger partial charge in [-0.1, -0.05) is 31.5 Å². The summed E-state index contributed by atoms with van der Waals surface area (Å²) in [6.07, 6.45) is 1.68. The molecule has 0 bridgehead atoms. The van der Waals surface area contributed by atoms with Gasteiger partial charge < -0.3 is 10.1 Å². The van der Waals surface area contributed by atoms with Crippen LogP contribution in [0.25, 0.3) is 0 Å². The largest absolute Gasteiger partial charge is 0.452 e. The summed E-state index contributed by atoms with van der Waals surface area (Å²) in [6.45, 7) is 1.76. The third-order valence-corrected chi connectivity index (χ3v) is 6.07. The summed E-state index contributed by atoms with van der Waals surface area (Å²) in [5.41, 5.74) is 0.567. The third kappa shape index (κ3) is 6.82. The molecule has 0 aliphatic heterocycles. The van der Waals surface area contributed by atoms with Crippen LogP contribution in [-0.2, 0) is 19.6 Å². The van der Waals surface area contributed by atoms with Crippen LogP contribution in [0.15, 0.2) is 59.5 Å². The molecule has 0 aliphatic carbocycles. The summed E-state index contributed by atoms with van der Waals surface area (Å²) < 4.78 is 31.5. The number of para-hydroxylation sites is 1. The number of carbonyl (C=O) groups excluding carboxylic acids is 3. The van der Waals surface area contributed by atoms with Crippen LogP contribution < -0.4 is 14.9 Å². The molecule has 0 saturated carbocycles. The Kier molecular flexibility index (Phi) is 8.56. The Hall–Kier alpha value is -3.40. The molecule has 0 aromatic heterocycles. The summed E-state index contributed by atoms with van der Waals surface area (Å²) in [4.78, 5) is 35.3. The van der Waals surface area contributed by atoms with E-state index in [2.05, 4.69) is 10.6 Å². The molecule has 31 heavy (non-hydrogen) atoms. The second-order valence-electron chi connectivity index (χ2n) is 6.57. The van der Waals surface area contributed by atoms with Crippen LogP contribution in [0.5, 0.6) is 0 Å². The van der Waals surface area contributed by atoms with Crippen molar-refractivity contribution in [3.05, 3.63) is 60.2 Å². The van der Waals surface area contributed by atoms with Gasteiger partial charge in [-0.25, -0.2) is 18.0 Å². The molecule has 2 rings (SSSR count). The number of esters is 1. The van der Waals surface area contributed by atoms with E-state index in [1.807, 2.05) is 6.92 Å². The second kappa shape index (κ2) is 11.1. The van der Waals surface area contributed by atoms with E-state index in [1.54, 1.807) is 30.3 Å². The van der Waals surface area contributed by atoms with Gasteiger partial charge >= 0.3 is 12.0 Å². The quantitative estimate of drug-likeness (QED) is 0.449. The van der Waals surface area contributed by atoms with Gasteiger partial charge in [0.1, 0.15) is 0 Å². The SMILES string of the molecule is CCCCNC(=O)NC(=O)COC(=O)c1ccc(S(=O)(=O)N(C)c2ccccc2)cc1. The highest BCUT2D eigenvalue weighted by atomic mass is 32.2. The highest BCUT2D eigenvalue weighted by Gasteiger charge is 2.22. The highest BCUT2D eigenvalue weighted by Crippen LogP contribution is 2.22. The van der Waals surface area contributed by atoms with Crippen molar-refractivity contribution in [1.82, 2.24) is 10.6 Å². The number of carbonyl (C=O) groups is 3. The summed E-state index contributed by atoms with van der Waals surface area (Å²) in [7, 11) is -2.38. The summed E-state index contributed by atoms with van der Waals surface area (Å²) in [5, 5.41) is 4.55. The first-order valence-electron chi connectivity index (χ1n) is 9.64. The third-order valence-electron chi connectivity index (χ3n) is 4.27. The van der Waals surface area contributed by atoms with Crippen molar-refractivity contribution < 1.29 is 27.5 Å². The van der Waals surface area contributed by atoms with E-state index in [0.29, 0.717) is 12.2 Å². The number of ether oxygens (including phenoxy) is 1. The van der Waals surface area contributed by atoms with Gasteiger partial charge in [0.05, 0.1) is 16.1 Å². The zero-order valence-corrected chi connectivity index (χ0v) is 18.1. The molecule has 0 unspecified atom stereocenters. The maximum Gasteiger partial charge on any atom is 0.338 e. The minimum absolute atomic E-state index is 0.00287. The van der Waals surface area contributed by atoms with Crippen LogP contribution in [0.1, 0.15) is 30.1 Å². The predicted octanol–water partition coefficient (Wildman–Crippen LogP) is 2.29. The second-order valence-corrected chi connectivity index (χ2v) is 8.54. The van der Waals surface area contributed by atoms with E-state index in [1.165, 1.54) is 31.3 Å². The monoisotopic (exact) mass is 447 g/mol. The average Bonchev–Trinajstić information content (AvgIpc) is 2.77. The van der Waals surface area contributed by atoms with Crippen LogP contribution >= 0.6 is 0 Å². The number of imide groups is 1. The number of benzene rings is 2. The normalized spacial score (nSPS) is 10.8. The van der Waals surface area contributed by atoms with E-state index in [9.17, 15) is 22.8 Å². The van der Waals surface area contributed by atoms with Crippen molar-refractivity contribution in [1.29, 1.82) is 0 Å². The number of sulfonamides is 1. The van der Waals surface area contributed by atoms with E-state index in [4.69, 9.17) is 4.74 Å². The summed E-state index contributed by atoms with van der Waals surface area (Å²) >= 11 is 0. The topological polar surface area (TPSA) is 122 Å². The molecule has 9 nitrogen and oxygen atoms in total. The number of nitrogens with zero attached hydrogens (tertiary/aromatic N) is 1. The Morgan fingerprint density at radius 3 is 2.26 bits per heavy atom. The Bertz CT molecular complexity index is 1010. The van der Waals surface area contributed by atoms with E-state index < -0.39 is 34.5 Å². The van der Waals surface area contributed by atoms with E-state index in [0.717, 1.165) is 17.1 Å². The Morgan fingerprint density at radius 2 is 1.65 bits per heavy atom. The van der Waals surface area contributed by atoms with Gasteiger partial charge in [-0.05, 0) is 42.8 Å². The fourth-order valence-corrected chi connectivity index (χ4v) is 3.69. The molecule has 0 radical (unpaired) electrons. The smallest absolute Gasteiger partial charge is 0.338 e. The van der Waals surface area contributed by atoms with Gasteiger partial charge in [-0.3, -0.25) is 14.4 Å². The van der Waals surface area contributed by atoms with Crippen molar-refractivity contribution >= 4 is 33.6 Å². The average molecular weight is 448 g/mol. The number of urea groups is 1. The zero-order chi connectivity index (χ0) is 22.9. The molecule has 2 N–H and O–H groups in total. The number of rotatable bonds is 9. The minimum Gasteiger partial charge on any atom is -0.452 e. The molecule has 2 aromatic rings. The fraction of sp³-hybridized carbons (Fsp3) is 0.286. The first kappa shape index (κ1) is 23.9. The minimum atomic E-state index is -3.81. The van der Waals surface area contributed by atoms with Gasteiger partial charge in [0, 0.05) is 13.6 Å². The number of hydrogen-bond donors (Lipinski definition) is 2. The maximum atomic E-state index is 12.7. The Morgan fingerprint density at radius 1 is 1.00 bits per heavy atom. The van der Waals surface area contributed by atoms with Crippen molar-refractivity contribution in [2.45, 2.75) is 24.7 Å². The number of nitrogens with one attached hydrogen (secondary N) is 2. The van der Waals surface area contributed by atoms with Crippen molar-refractivity contribution in [2.75, 3.05) is 24.5 Å². The maximum absolute atomic E-state index is 12.7. The van der Waals surface area contributed by atoms with Gasteiger partial charge in [-0.15, -0.1) is 0 Å². The molecule has 0 spiro atoms. The molecule has 166 valence electrons. The van der Waals surface area contributed by atoms with Gasteiger partial charge in [-0.2, -0.15) is 0 Å². The van der Waals surface area contributed by atoms with Crippen LogP contribution in [0.4, 0.5) is 10.5 Å². The lowest BCUT2D eigenvalue weighted by atomic mass is 10.2. The molecule has 3 amide bonds. The summed E-state index contributed by atoms with van der Waals surface area (Å²) in [6, 6.07) is 13.1. The molecule has 0 atom stereocenters.